The van der Waals surface area contributed by atoms with Gasteiger partial charge in [-0.3, -0.25) is 5.32 Å². The number of aromatic nitrogens is 2. The van der Waals surface area contributed by atoms with Crippen LogP contribution in [0.4, 0.5) is 0 Å². The van der Waals surface area contributed by atoms with Gasteiger partial charge in [-0.25, -0.2) is 9.78 Å². The molecule has 1 saturated carbocycles. The van der Waals surface area contributed by atoms with Crippen molar-refractivity contribution in [2.45, 2.75) is 25.8 Å². The quantitative estimate of drug-likeness (QED) is 0.657. The number of fused-ring (bicyclic) bond motifs is 1. The monoisotopic (exact) mass is 259 g/mol. The fourth-order valence-corrected chi connectivity index (χ4v) is 2.19. The van der Waals surface area contributed by atoms with Gasteiger partial charge in [-0.05, 0) is 37.8 Å². The maximum absolute atomic E-state index is 12.0. The third kappa shape index (κ3) is 2.61. The Labute approximate surface area is 111 Å². The van der Waals surface area contributed by atoms with Gasteiger partial charge in [-0.2, -0.15) is 0 Å². The molecule has 2 aromatic heterocycles. The van der Waals surface area contributed by atoms with Crippen LogP contribution in [0.5, 0.6) is 0 Å². The molecule has 0 bridgehead atoms. The first kappa shape index (κ1) is 12.2. The first-order valence-electron chi connectivity index (χ1n) is 6.58. The molecule has 1 aliphatic rings. The van der Waals surface area contributed by atoms with E-state index in [2.05, 4.69) is 17.2 Å². The molecule has 5 heteroatoms. The summed E-state index contributed by atoms with van der Waals surface area (Å²) in [5.74, 6) is 0.404. The minimum absolute atomic E-state index is 0.248. The number of nitrogens with zero attached hydrogens (tertiary/aromatic N) is 2. The fourth-order valence-electron chi connectivity index (χ4n) is 2.19. The van der Waals surface area contributed by atoms with E-state index >= 15 is 0 Å². The number of ether oxygens (including phenoxy) is 1. The van der Waals surface area contributed by atoms with Gasteiger partial charge in [-0.15, -0.1) is 0 Å². The summed E-state index contributed by atoms with van der Waals surface area (Å²) < 4.78 is 7.05. The van der Waals surface area contributed by atoms with Crippen molar-refractivity contribution < 1.29 is 9.53 Å². The number of rotatable bonds is 5. The summed E-state index contributed by atoms with van der Waals surface area (Å²) in [4.78, 5) is 16.2. The smallest absolute Gasteiger partial charge is 0.343 e. The second kappa shape index (κ2) is 5.01. The molecule has 0 unspecified atom stereocenters. The van der Waals surface area contributed by atoms with Gasteiger partial charge in [0.15, 0.2) is 5.65 Å². The Hall–Kier alpha value is -1.88. The maximum Gasteiger partial charge on any atom is 0.343 e. The van der Waals surface area contributed by atoms with E-state index in [9.17, 15) is 4.79 Å². The highest BCUT2D eigenvalue weighted by Crippen LogP contribution is 2.32. The Morgan fingerprint density at radius 2 is 2.42 bits per heavy atom. The van der Waals surface area contributed by atoms with Crippen LogP contribution in [-0.2, 0) is 4.74 Å². The number of carbonyl (C=O) groups is 1. The molecular formula is C14H17N3O2. The standard InChI is InChI=1S/C14H17N3O2/c1-10(11-4-5-11)16-9-19-14(18)12-3-2-7-17-8-6-15-13(12)17/h2-3,6-8,10-11,16H,4-5,9H2,1H3/t10-/m0/s1. The molecule has 0 spiro atoms. The molecule has 0 amide bonds. The van der Waals surface area contributed by atoms with E-state index in [4.69, 9.17) is 4.74 Å². The minimum atomic E-state index is -0.340. The van der Waals surface area contributed by atoms with Gasteiger partial charge >= 0.3 is 5.97 Å². The molecule has 1 atom stereocenters. The van der Waals surface area contributed by atoms with E-state index in [1.807, 2.05) is 12.3 Å². The zero-order chi connectivity index (χ0) is 13.2. The summed E-state index contributed by atoms with van der Waals surface area (Å²) in [5.41, 5.74) is 1.12. The van der Waals surface area contributed by atoms with Gasteiger partial charge in [-0.1, -0.05) is 0 Å². The van der Waals surface area contributed by atoms with Gasteiger partial charge < -0.3 is 9.14 Å². The van der Waals surface area contributed by atoms with E-state index in [0.29, 0.717) is 17.3 Å². The highest BCUT2D eigenvalue weighted by atomic mass is 16.5. The first-order valence-corrected chi connectivity index (χ1v) is 6.58. The number of esters is 1. The molecule has 2 heterocycles. The molecule has 0 saturated heterocycles. The molecule has 1 N–H and O–H groups in total. The summed E-state index contributed by atoms with van der Waals surface area (Å²) in [7, 11) is 0. The lowest BCUT2D eigenvalue weighted by molar-refractivity contribution is 0.0458. The van der Waals surface area contributed by atoms with Crippen LogP contribution >= 0.6 is 0 Å². The molecule has 0 aromatic carbocycles. The first-order chi connectivity index (χ1) is 9.25. The van der Waals surface area contributed by atoms with E-state index in [0.717, 1.165) is 5.92 Å². The molecule has 1 fully saturated rings. The van der Waals surface area contributed by atoms with E-state index in [1.54, 1.807) is 22.9 Å². The molecule has 0 aliphatic heterocycles. The van der Waals surface area contributed by atoms with Gasteiger partial charge in [0.1, 0.15) is 12.3 Å². The summed E-state index contributed by atoms with van der Waals surface area (Å²) in [6.45, 7) is 2.37. The lowest BCUT2D eigenvalue weighted by Gasteiger charge is -2.12. The van der Waals surface area contributed by atoms with Crippen LogP contribution in [-0.4, -0.2) is 28.1 Å². The van der Waals surface area contributed by atoms with Crippen LogP contribution in [0.1, 0.15) is 30.1 Å². The van der Waals surface area contributed by atoms with Gasteiger partial charge in [0, 0.05) is 24.6 Å². The van der Waals surface area contributed by atoms with Gasteiger partial charge in [0.05, 0.1) is 0 Å². The Bertz CT molecular complexity index is 589. The Morgan fingerprint density at radius 3 is 3.21 bits per heavy atom. The molecule has 3 rings (SSSR count). The number of pyridine rings is 1. The Balaban J connectivity index is 1.61. The Kier molecular flexibility index (Phi) is 3.21. The Morgan fingerprint density at radius 1 is 1.58 bits per heavy atom. The van der Waals surface area contributed by atoms with Crippen molar-refractivity contribution in [3.63, 3.8) is 0 Å². The lowest BCUT2D eigenvalue weighted by Crippen LogP contribution is -2.31. The largest absolute Gasteiger partial charge is 0.446 e. The van der Waals surface area contributed by atoms with Crippen LogP contribution in [0.3, 0.4) is 0 Å². The summed E-state index contributed by atoms with van der Waals surface area (Å²) >= 11 is 0. The fraction of sp³-hybridized carbons (Fsp3) is 0.429. The van der Waals surface area contributed by atoms with Crippen LogP contribution < -0.4 is 5.32 Å². The van der Waals surface area contributed by atoms with Crippen molar-refractivity contribution in [3.8, 4) is 0 Å². The zero-order valence-electron chi connectivity index (χ0n) is 10.9. The number of hydrogen-bond donors (Lipinski definition) is 1. The second-order valence-corrected chi connectivity index (χ2v) is 4.99. The molecule has 0 radical (unpaired) electrons. The third-order valence-electron chi connectivity index (χ3n) is 3.58. The number of carbonyl (C=O) groups excluding carboxylic acids is 1. The van der Waals surface area contributed by atoms with Crippen molar-refractivity contribution in [2.75, 3.05) is 6.73 Å². The molecule has 1 aliphatic carbocycles. The highest BCUT2D eigenvalue weighted by molar-refractivity contribution is 5.95. The van der Waals surface area contributed by atoms with Crippen LogP contribution in [0.2, 0.25) is 0 Å². The predicted molar refractivity (Wildman–Crippen MR) is 70.8 cm³/mol. The SMILES string of the molecule is C[C@H](NCOC(=O)c1cccn2ccnc12)C1CC1. The van der Waals surface area contributed by atoms with Crippen LogP contribution in [0, 0.1) is 5.92 Å². The highest BCUT2D eigenvalue weighted by Gasteiger charge is 2.27. The third-order valence-corrected chi connectivity index (χ3v) is 3.58. The van der Waals surface area contributed by atoms with E-state index < -0.39 is 0 Å². The molecule has 19 heavy (non-hydrogen) atoms. The summed E-state index contributed by atoms with van der Waals surface area (Å²) in [6.07, 6.45) is 7.87. The molecule has 2 aromatic rings. The normalized spacial score (nSPS) is 16.5. The predicted octanol–water partition coefficient (Wildman–Crippen LogP) is 1.84. The lowest BCUT2D eigenvalue weighted by atomic mass is 10.2. The van der Waals surface area contributed by atoms with Crippen molar-refractivity contribution in [3.05, 3.63) is 36.3 Å². The molecule has 100 valence electrons. The minimum Gasteiger partial charge on any atom is -0.446 e. The molecule has 5 nitrogen and oxygen atoms in total. The van der Waals surface area contributed by atoms with Gasteiger partial charge in [0.2, 0.25) is 0 Å². The van der Waals surface area contributed by atoms with E-state index in [-0.39, 0.29) is 12.7 Å². The zero-order valence-corrected chi connectivity index (χ0v) is 10.9. The van der Waals surface area contributed by atoms with Gasteiger partial charge in [0.25, 0.3) is 0 Å². The topological polar surface area (TPSA) is 55.6 Å². The summed E-state index contributed by atoms with van der Waals surface area (Å²) in [6, 6.07) is 3.95. The average Bonchev–Trinajstić information content (AvgIpc) is 3.15. The number of imidazole rings is 1. The van der Waals surface area contributed by atoms with Crippen molar-refractivity contribution >= 4 is 11.6 Å². The maximum atomic E-state index is 12.0. The average molecular weight is 259 g/mol. The van der Waals surface area contributed by atoms with Crippen molar-refractivity contribution in [1.82, 2.24) is 14.7 Å². The van der Waals surface area contributed by atoms with Crippen molar-refractivity contribution in [2.24, 2.45) is 5.92 Å². The van der Waals surface area contributed by atoms with Crippen molar-refractivity contribution in [1.29, 1.82) is 0 Å². The van der Waals surface area contributed by atoms with Crippen LogP contribution in [0.25, 0.3) is 5.65 Å². The van der Waals surface area contributed by atoms with Crippen LogP contribution in [0.15, 0.2) is 30.7 Å². The number of hydrogen-bond acceptors (Lipinski definition) is 4. The number of nitrogens with one attached hydrogen (secondary N) is 1. The van der Waals surface area contributed by atoms with E-state index in [1.165, 1.54) is 12.8 Å². The second-order valence-electron chi connectivity index (χ2n) is 4.99. The molecular weight excluding hydrogens is 242 g/mol. The summed E-state index contributed by atoms with van der Waals surface area (Å²) in [5, 5.41) is 3.22.